The summed E-state index contributed by atoms with van der Waals surface area (Å²) in [7, 11) is 0. The van der Waals surface area contributed by atoms with Gasteiger partial charge in [0, 0.05) is 16.1 Å². The number of amides is 2. The van der Waals surface area contributed by atoms with Gasteiger partial charge >= 0.3 is 0 Å². The number of piperazine rings is 1. The molecule has 2 amide bonds. The second-order valence-electron chi connectivity index (χ2n) is 8.36. The molecule has 7 heteroatoms. The molecule has 6 nitrogen and oxygen atoms in total. The number of carbonyl (C=O) groups excluding carboxylic acids is 2. The molecule has 1 atom stereocenters. The highest BCUT2D eigenvalue weighted by atomic mass is 35.5. The van der Waals surface area contributed by atoms with E-state index in [9.17, 15) is 9.59 Å². The molecule has 1 aliphatic rings. The molecule has 150 valence electrons. The molecule has 1 aromatic carbocycles. The van der Waals surface area contributed by atoms with Crippen molar-refractivity contribution in [3.05, 3.63) is 34.9 Å². The van der Waals surface area contributed by atoms with Gasteiger partial charge < -0.3 is 20.4 Å². The van der Waals surface area contributed by atoms with Crippen LogP contribution in [0.4, 0.5) is 0 Å². The van der Waals surface area contributed by atoms with E-state index in [0.717, 1.165) is 23.7 Å². The van der Waals surface area contributed by atoms with E-state index in [1.54, 1.807) is 0 Å². The fourth-order valence-electron chi connectivity index (χ4n) is 3.32. The molecule has 27 heavy (non-hydrogen) atoms. The van der Waals surface area contributed by atoms with Crippen molar-refractivity contribution in [2.24, 2.45) is 0 Å². The molecule has 0 unspecified atom stereocenters. The van der Waals surface area contributed by atoms with E-state index in [0.29, 0.717) is 26.2 Å². The molecule has 1 heterocycles. The molecular formula is C20H33ClN4O2+2. The lowest BCUT2D eigenvalue weighted by Crippen LogP contribution is -3.16. The Morgan fingerprint density at radius 3 is 2.48 bits per heavy atom. The van der Waals surface area contributed by atoms with E-state index >= 15 is 0 Å². The van der Waals surface area contributed by atoms with Gasteiger partial charge in [0.1, 0.15) is 6.04 Å². The van der Waals surface area contributed by atoms with Crippen LogP contribution in [0.25, 0.3) is 0 Å². The topological polar surface area (TPSA) is 70.5 Å². The van der Waals surface area contributed by atoms with Crippen molar-refractivity contribution in [1.29, 1.82) is 0 Å². The van der Waals surface area contributed by atoms with Crippen LogP contribution in [0, 0.1) is 0 Å². The van der Waals surface area contributed by atoms with Crippen LogP contribution >= 0.6 is 11.6 Å². The quantitative estimate of drug-likeness (QED) is 0.612. The van der Waals surface area contributed by atoms with Crippen molar-refractivity contribution in [3.8, 4) is 0 Å². The lowest BCUT2D eigenvalue weighted by atomic mass is 10.1. The van der Waals surface area contributed by atoms with Crippen molar-refractivity contribution in [1.82, 2.24) is 10.2 Å². The summed E-state index contributed by atoms with van der Waals surface area (Å²) in [5.41, 5.74) is 0.841. The van der Waals surface area contributed by atoms with Gasteiger partial charge in [0.15, 0.2) is 13.1 Å². The van der Waals surface area contributed by atoms with E-state index in [-0.39, 0.29) is 23.4 Å². The lowest BCUT2D eigenvalue weighted by Gasteiger charge is -2.32. The summed E-state index contributed by atoms with van der Waals surface area (Å²) in [5, 5.41) is 5.76. The van der Waals surface area contributed by atoms with Crippen LogP contribution in [0.3, 0.4) is 0 Å². The van der Waals surface area contributed by atoms with Crippen LogP contribution in [-0.2, 0) is 9.59 Å². The third-order valence-electron chi connectivity index (χ3n) is 4.79. The summed E-state index contributed by atoms with van der Waals surface area (Å²) in [6.45, 7) is 11.9. The van der Waals surface area contributed by atoms with Gasteiger partial charge in [-0.05, 0) is 33.8 Å². The zero-order valence-electron chi connectivity index (χ0n) is 16.8. The Labute approximate surface area is 167 Å². The van der Waals surface area contributed by atoms with E-state index in [2.05, 4.69) is 12.2 Å². The number of rotatable bonds is 6. The highest BCUT2D eigenvalue weighted by Crippen LogP contribution is 2.19. The van der Waals surface area contributed by atoms with Gasteiger partial charge in [0.25, 0.3) is 11.8 Å². The summed E-state index contributed by atoms with van der Waals surface area (Å²) in [5.74, 6) is 0.214. The molecule has 2 rings (SSSR count). The van der Waals surface area contributed by atoms with Gasteiger partial charge in [-0.1, -0.05) is 29.8 Å². The Morgan fingerprint density at radius 2 is 1.89 bits per heavy atom. The Morgan fingerprint density at radius 1 is 1.26 bits per heavy atom. The van der Waals surface area contributed by atoms with Crippen molar-refractivity contribution >= 4 is 23.4 Å². The van der Waals surface area contributed by atoms with E-state index < -0.39 is 0 Å². The van der Waals surface area contributed by atoms with Crippen LogP contribution in [0.5, 0.6) is 0 Å². The van der Waals surface area contributed by atoms with E-state index in [4.69, 9.17) is 11.6 Å². The zero-order chi connectivity index (χ0) is 20.0. The smallest absolute Gasteiger partial charge is 0.278 e. The Hall–Kier alpha value is -1.63. The largest absolute Gasteiger partial charge is 0.347 e. The highest BCUT2D eigenvalue weighted by molar-refractivity contribution is 6.31. The summed E-state index contributed by atoms with van der Waals surface area (Å²) in [6, 6.07) is 7.88. The van der Waals surface area contributed by atoms with Crippen LogP contribution < -0.4 is 15.5 Å². The molecule has 0 spiro atoms. The standard InChI is InChI=1S/C20H31ClN4O2/c1-15(16-7-5-6-8-17(16)21)22-13-19(27)25-11-9-24(10-12-25)14-18(26)23-20(2,3)4/h5-8,15,22H,9-14H2,1-4H3,(H,23,26)/p+2/t15-/m0/s1. The number of hydrogen-bond acceptors (Lipinski definition) is 2. The number of halogens is 1. The molecule has 0 radical (unpaired) electrons. The summed E-state index contributed by atoms with van der Waals surface area (Å²) >= 11 is 6.23. The van der Waals surface area contributed by atoms with Crippen LogP contribution in [0.1, 0.15) is 39.3 Å². The molecule has 1 aromatic rings. The minimum atomic E-state index is -0.206. The second-order valence-corrected chi connectivity index (χ2v) is 8.76. The average Bonchev–Trinajstić information content (AvgIpc) is 2.58. The molecule has 4 N–H and O–H groups in total. The summed E-state index contributed by atoms with van der Waals surface area (Å²) < 4.78 is 0. The molecule has 0 saturated carbocycles. The maximum absolute atomic E-state index is 12.5. The van der Waals surface area contributed by atoms with Crippen molar-refractivity contribution in [2.45, 2.75) is 39.3 Å². The van der Waals surface area contributed by atoms with Gasteiger partial charge in [-0.25, -0.2) is 0 Å². The van der Waals surface area contributed by atoms with Crippen LogP contribution in [-0.4, -0.2) is 61.5 Å². The molecule has 1 fully saturated rings. The molecule has 0 aliphatic carbocycles. The van der Waals surface area contributed by atoms with Crippen molar-refractivity contribution < 1.29 is 19.8 Å². The van der Waals surface area contributed by atoms with Gasteiger partial charge in [-0.3, -0.25) is 9.59 Å². The first-order valence-electron chi connectivity index (χ1n) is 9.66. The van der Waals surface area contributed by atoms with E-state index in [1.807, 2.05) is 55.3 Å². The molecule has 1 aliphatic heterocycles. The monoisotopic (exact) mass is 396 g/mol. The maximum Gasteiger partial charge on any atom is 0.278 e. The summed E-state index contributed by atoms with van der Waals surface area (Å²) in [6.07, 6.45) is 0. The number of quaternary nitrogens is 2. The molecule has 0 aromatic heterocycles. The third kappa shape index (κ3) is 7.13. The first-order valence-corrected chi connectivity index (χ1v) is 10.0. The Balaban J connectivity index is 1.73. The second kappa shape index (κ2) is 9.53. The first-order chi connectivity index (χ1) is 12.7. The number of nitrogens with one attached hydrogen (secondary N) is 2. The Kier molecular flexibility index (Phi) is 7.65. The number of nitrogens with zero attached hydrogens (tertiary/aromatic N) is 1. The lowest BCUT2D eigenvalue weighted by molar-refractivity contribution is -0.896. The van der Waals surface area contributed by atoms with Crippen LogP contribution in [0.2, 0.25) is 5.02 Å². The number of benzene rings is 1. The van der Waals surface area contributed by atoms with Crippen molar-refractivity contribution in [3.63, 3.8) is 0 Å². The van der Waals surface area contributed by atoms with Gasteiger partial charge in [-0.15, -0.1) is 0 Å². The first kappa shape index (κ1) is 21.7. The SMILES string of the molecule is C[C@H]([NH2+]CC(=O)N1CC[NH+](CC(=O)NC(C)(C)C)CC1)c1ccccc1Cl. The van der Waals surface area contributed by atoms with Gasteiger partial charge in [0.05, 0.1) is 26.2 Å². The fraction of sp³-hybridized carbons (Fsp3) is 0.600. The van der Waals surface area contributed by atoms with Crippen molar-refractivity contribution in [2.75, 3.05) is 39.3 Å². The third-order valence-corrected chi connectivity index (χ3v) is 5.13. The normalized spacial score (nSPS) is 16.9. The summed E-state index contributed by atoms with van der Waals surface area (Å²) in [4.78, 5) is 27.7. The van der Waals surface area contributed by atoms with E-state index in [1.165, 1.54) is 4.90 Å². The predicted molar refractivity (Wildman–Crippen MR) is 107 cm³/mol. The Bertz CT molecular complexity index is 652. The predicted octanol–water partition coefficient (Wildman–Crippen LogP) is -0.394. The molecular weight excluding hydrogens is 364 g/mol. The minimum absolute atomic E-state index is 0.0687. The number of carbonyl (C=O) groups is 2. The molecule has 0 bridgehead atoms. The van der Waals surface area contributed by atoms with Gasteiger partial charge in [-0.2, -0.15) is 0 Å². The number of hydrogen-bond donors (Lipinski definition) is 3. The molecule has 1 saturated heterocycles. The minimum Gasteiger partial charge on any atom is -0.347 e. The average molecular weight is 397 g/mol. The fourth-order valence-corrected chi connectivity index (χ4v) is 3.62. The maximum atomic E-state index is 12.5. The van der Waals surface area contributed by atoms with Gasteiger partial charge in [0.2, 0.25) is 0 Å². The zero-order valence-corrected chi connectivity index (χ0v) is 17.6. The number of nitrogens with two attached hydrogens (primary N) is 1. The van der Waals surface area contributed by atoms with Crippen LogP contribution in [0.15, 0.2) is 24.3 Å². The highest BCUT2D eigenvalue weighted by Gasteiger charge is 2.27.